The number of carbonyl (C=O) groups is 2. The molecule has 0 saturated heterocycles. The molecule has 27 heavy (non-hydrogen) atoms. The van der Waals surface area contributed by atoms with Crippen LogP contribution in [0.1, 0.15) is 34.0 Å². The van der Waals surface area contributed by atoms with Crippen molar-refractivity contribution < 1.29 is 14.0 Å². The zero-order valence-electron chi connectivity index (χ0n) is 14.7. The Morgan fingerprint density at radius 1 is 0.963 bits per heavy atom. The molecule has 2 amide bonds. The Kier molecular flexibility index (Phi) is 4.75. The van der Waals surface area contributed by atoms with E-state index in [1.54, 1.807) is 30.5 Å². The second kappa shape index (κ2) is 7.50. The molecule has 2 atom stereocenters. The molecule has 2 aromatic carbocycles. The molecule has 1 fully saturated rings. The SMILES string of the molecule is O=C(NCc1ccccc1)c1ccc(NC(=O)C2CC2c2ccco2)cc1. The summed E-state index contributed by atoms with van der Waals surface area (Å²) in [6, 6.07) is 20.4. The van der Waals surface area contributed by atoms with Gasteiger partial charge in [-0.15, -0.1) is 0 Å². The van der Waals surface area contributed by atoms with E-state index in [0.717, 1.165) is 17.7 Å². The van der Waals surface area contributed by atoms with Gasteiger partial charge in [0.2, 0.25) is 5.91 Å². The van der Waals surface area contributed by atoms with E-state index in [2.05, 4.69) is 10.6 Å². The fourth-order valence-corrected chi connectivity index (χ4v) is 3.12. The number of furan rings is 1. The van der Waals surface area contributed by atoms with E-state index in [4.69, 9.17) is 4.42 Å². The smallest absolute Gasteiger partial charge is 0.251 e. The second-order valence-electron chi connectivity index (χ2n) is 6.70. The maximum absolute atomic E-state index is 12.3. The minimum atomic E-state index is -0.142. The number of rotatable bonds is 6. The van der Waals surface area contributed by atoms with E-state index < -0.39 is 0 Å². The van der Waals surface area contributed by atoms with Gasteiger partial charge in [0, 0.05) is 29.6 Å². The monoisotopic (exact) mass is 360 g/mol. The van der Waals surface area contributed by atoms with Gasteiger partial charge in [0.25, 0.3) is 5.91 Å². The summed E-state index contributed by atoms with van der Waals surface area (Å²) in [4.78, 5) is 24.6. The van der Waals surface area contributed by atoms with Crippen LogP contribution in [0.2, 0.25) is 0 Å². The largest absolute Gasteiger partial charge is 0.469 e. The van der Waals surface area contributed by atoms with Crippen molar-refractivity contribution in [3.05, 3.63) is 89.9 Å². The van der Waals surface area contributed by atoms with Crippen LogP contribution in [0.4, 0.5) is 5.69 Å². The lowest BCUT2D eigenvalue weighted by molar-refractivity contribution is -0.117. The average Bonchev–Trinajstić information content (AvgIpc) is 3.33. The highest BCUT2D eigenvalue weighted by Crippen LogP contribution is 2.48. The molecule has 1 saturated carbocycles. The number of hydrogen-bond donors (Lipinski definition) is 2. The minimum absolute atomic E-state index is 0.0160. The minimum Gasteiger partial charge on any atom is -0.469 e. The molecule has 2 unspecified atom stereocenters. The number of nitrogens with one attached hydrogen (secondary N) is 2. The second-order valence-corrected chi connectivity index (χ2v) is 6.70. The lowest BCUT2D eigenvalue weighted by atomic mass is 10.1. The maximum atomic E-state index is 12.3. The van der Waals surface area contributed by atoms with Crippen molar-refractivity contribution in [3.8, 4) is 0 Å². The van der Waals surface area contributed by atoms with Crippen LogP contribution >= 0.6 is 0 Å². The first-order valence-electron chi connectivity index (χ1n) is 8.97. The zero-order valence-corrected chi connectivity index (χ0v) is 14.7. The first kappa shape index (κ1) is 17.1. The van der Waals surface area contributed by atoms with Crippen molar-refractivity contribution in [2.45, 2.75) is 18.9 Å². The van der Waals surface area contributed by atoms with Crippen LogP contribution in [-0.4, -0.2) is 11.8 Å². The Balaban J connectivity index is 1.30. The zero-order chi connectivity index (χ0) is 18.6. The summed E-state index contributed by atoms with van der Waals surface area (Å²) in [5, 5.41) is 5.80. The van der Waals surface area contributed by atoms with Gasteiger partial charge >= 0.3 is 0 Å². The highest BCUT2D eigenvalue weighted by Gasteiger charge is 2.45. The van der Waals surface area contributed by atoms with E-state index in [1.165, 1.54) is 0 Å². The summed E-state index contributed by atoms with van der Waals surface area (Å²) in [5.41, 5.74) is 2.29. The molecular weight excluding hydrogens is 340 g/mol. The Hall–Kier alpha value is -3.34. The summed E-state index contributed by atoms with van der Waals surface area (Å²) in [7, 11) is 0. The Morgan fingerprint density at radius 3 is 2.44 bits per heavy atom. The van der Waals surface area contributed by atoms with Gasteiger partial charge in [-0.3, -0.25) is 9.59 Å². The van der Waals surface area contributed by atoms with Crippen LogP contribution in [0.5, 0.6) is 0 Å². The van der Waals surface area contributed by atoms with Crippen molar-refractivity contribution >= 4 is 17.5 Å². The molecule has 3 aromatic rings. The topological polar surface area (TPSA) is 71.3 Å². The van der Waals surface area contributed by atoms with Gasteiger partial charge in [-0.05, 0) is 48.4 Å². The molecule has 0 bridgehead atoms. The average molecular weight is 360 g/mol. The lowest BCUT2D eigenvalue weighted by Crippen LogP contribution is -2.22. The molecule has 5 nitrogen and oxygen atoms in total. The molecule has 4 rings (SSSR count). The van der Waals surface area contributed by atoms with E-state index in [-0.39, 0.29) is 23.7 Å². The van der Waals surface area contributed by atoms with Gasteiger partial charge in [0.1, 0.15) is 5.76 Å². The summed E-state index contributed by atoms with van der Waals surface area (Å²) >= 11 is 0. The number of anilines is 1. The summed E-state index contributed by atoms with van der Waals surface area (Å²) in [6.07, 6.45) is 2.43. The first-order chi connectivity index (χ1) is 13.2. The fraction of sp³-hybridized carbons (Fsp3) is 0.182. The van der Waals surface area contributed by atoms with Crippen molar-refractivity contribution in [2.24, 2.45) is 5.92 Å². The van der Waals surface area contributed by atoms with Gasteiger partial charge < -0.3 is 15.1 Å². The number of amides is 2. The summed E-state index contributed by atoms with van der Waals surface area (Å²) in [6.45, 7) is 0.480. The van der Waals surface area contributed by atoms with Gasteiger partial charge in [-0.25, -0.2) is 0 Å². The van der Waals surface area contributed by atoms with Gasteiger partial charge in [-0.1, -0.05) is 30.3 Å². The van der Waals surface area contributed by atoms with Crippen LogP contribution in [0.25, 0.3) is 0 Å². The Morgan fingerprint density at radius 2 is 1.74 bits per heavy atom. The van der Waals surface area contributed by atoms with E-state index in [9.17, 15) is 9.59 Å². The van der Waals surface area contributed by atoms with Crippen molar-refractivity contribution in [3.63, 3.8) is 0 Å². The van der Waals surface area contributed by atoms with Gasteiger partial charge in [-0.2, -0.15) is 0 Å². The molecule has 0 radical (unpaired) electrons. The van der Waals surface area contributed by atoms with Crippen LogP contribution in [0.3, 0.4) is 0 Å². The van der Waals surface area contributed by atoms with Gasteiger partial charge in [0.15, 0.2) is 0 Å². The normalized spacial score (nSPS) is 17.9. The number of benzene rings is 2. The molecule has 136 valence electrons. The van der Waals surface area contributed by atoms with Crippen LogP contribution in [0.15, 0.2) is 77.4 Å². The molecule has 0 aliphatic heterocycles. The third-order valence-corrected chi connectivity index (χ3v) is 4.75. The van der Waals surface area contributed by atoms with Gasteiger partial charge in [0.05, 0.1) is 6.26 Å². The van der Waals surface area contributed by atoms with E-state index in [1.807, 2.05) is 42.5 Å². The molecule has 1 aliphatic rings. The predicted octanol–water partition coefficient (Wildman–Crippen LogP) is 3.95. The summed E-state index contributed by atoms with van der Waals surface area (Å²) in [5.74, 6) is 0.822. The first-order valence-corrected chi connectivity index (χ1v) is 8.97. The molecule has 1 aliphatic carbocycles. The van der Waals surface area contributed by atoms with Crippen LogP contribution in [0, 0.1) is 5.92 Å². The molecule has 1 heterocycles. The van der Waals surface area contributed by atoms with Crippen molar-refractivity contribution in [1.82, 2.24) is 5.32 Å². The number of carbonyl (C=O) groups excluding carboxylic acids is 2. The quantitative estimate of drug-likeness (QED) is 0.699. The standard InChI is InChI=1S/C22H20N2O3/c25-21(23-14-15-5-2-1-3-6-15)16-8-10-17(11-9-16)24-22(26)19-13-18(19)20-7-4-12-27-20/h1-12,18-19H,13-14H2,(H,23,25)(H,24,26). The van der Waals surface area contributed by atoms with E-state index >= 15 is 0 Å². The number of hydrogen-bond acceptors (Lipinski definition) is 3. The third kappa shape index (κ3) is 4.08. The maximum Gasteiger partial charge on any atom is 0.251 e. The fourth-order valence-electron chi connectivity index (χ4n) is 3.12. The van der Waals surface area contributed by atoms with E-state index in [0.29, 0.717) is 17.8 Å². The molecular formula is C22H20N2O3. The van der Waals surface area contributed by atoms with Crippen molar-refractivity contribution in [1.29, 1.82) is 0 Å². The molecule has 2 N–H and O–H groups in total. The highest BCUT2D eigenvalue weighted by molar-refractivity contribution is 5.97. The predicted molar refractivity (Wildman–Crippen MR) is 102 cm³/mol. The Bertz CT molecular complexity index is 918. The molecule has 5 heteroatoms. The third-order valence-electron chi connectivity index (χ3n) is 4.75. The van der Waals surface area contributed by atoms with Crippen molar-refractivity contribution in [2.75, 3.05) is 5.32 Å². The lowest BCUT2D eigenvalue weighted by Gasteiger charge is -2.08. The Labute approximate surface area is 157 Å². The van der Waals surface area contributed by atoms with Crippen LogP contribution < -0.4 is 10.6 Å². The molecule has 0 spiro atoms. The summed E-state index contributed by atoms with van der Waals surface area (Å²) < 4.78 is 5.36. The molecule has 1 aromatic heterocycles. The highest BCUT2D eigenvalue weighted by atomic mass is 16.3. The van der Waals surface area contributed by atoms with Crippen LogP contribution in [-0.2, 0) is 11.3 Å².